The minimum atomic E-state index is -5.93. The molecule has 0 bridgehead atoms. The molecule has 5 rings (SSSR count). The molecule has 9 nitrogen and oxygen atoms in total. The van der Waals surface area contributed by atoms with Crippen LogP contribution in [0.5, 0.6) is 0 Å². The van der Waals surface area contributed by atoms with Crippen molar-refractivity contribution >= 4 is 54.3 Å². The molecule has 0 radical (unpaired) electrons. The lowest BCUT2D eigenvalue weighted by Gasteiger charge is -2.39. The van der Waals surface area contributed by atoms with E-state index in [4.69, 9.17) is 17.3 Å². The number of hydrogen-bond acceptors (Lipinski definition) is 8. The van der Waals surface area contributed by atoms with Gasteiger partial charge in [0.15, 0.2) is 0 Å². The number of nitrogens with zero attached hydrogens (tertiary/aromatic N) is 2. The van der Waals surface area contributed by atoms with Gasteiger partial charge in [0.25, 0.3) is 25.8 Å². The van der Waals surface area contributed by atoms with Crippen molar-refractivity contribution in [3.8, 4) is 0 Å². The molecule has 0 aromatic heterocycles. The summed E-state index contributed by atoms with van der Waals surface area (Å²) in [7, 11) is -10.7. The number of benzene rings is 3. The third-order valence-corrected chi connectivity index (χ3v) is 11.9. The molecule has 258 valence electrons. The van der Waals surface area contributed by atoms with Gasteiger partial charge in [-0.1, -0.05) is 43.2 Å². The van der Waals surface area contributed by atoms with Crippen molar-refractivity contribution in [2.24, 2.45) is 5.41 Å². The molecule has 1 saturated heterocycles. The lowest BCUT2D eigenvalue weighted by atomic mass is 9.73. The highest BCUT2D eigenvalue weighted by Crippen LogP contribution is 2.43. The van der Waals surface area contributed by atoms with Crippen LogP contribution in [-0.4, -0.2) is 65.9 Å². The van der Waals surface area contributed by atoms with Gasteiger partial charge in [0.2, 0.25) is 0 Å². The van der Waals surface area contributed by atoms with Crippen molar-refractivity contribution in [2.75, 3.05) is 43.4 Å². The fourth-order valence-electron chi connectivity index (χ4n) is 6.10. The van der Waals surface area contributed by atoms with Crippen LogP contribution < -0.4 is 15.4 Å². The van der Waals surface area contributed by atoms with E-state index in [1.807, 2.05) is 12.1 Å². The lowest BCUT2D eigenvalue weighted by molar-refractivity contribution is -0.0435. The van der Waals surface area contributed by atoms with Gasteiger partial charge in [-0.2, -0.15) is 13.2 Å². The Morgan fingerprint density at radius 3 is 2.17 bits per heavy atom. The number of carbonyl (C=O) groups excluding carboxylic acids is 1. The van der Waals surface area contributed by atoms with E-state index in [2.05, 4.69) is 35.8 Å². The van der Waals surface area contributed by atoms with Crippen molar-refractivity contribution in [1.82, 2.24) is 9.62 Å². The Kier molecular flexibility index (Phi) is 9.95. The molecule has 0 saturated carbocycles. The van der Waals surface area contributed by atoms with E-state index in [-0.39, 0.29) is 17.0 Å². The molecule has 1 heterocycles. The number of hydrogen-bond donors (Lipinski definition) is 2. The third kappa shape index (κ3) is 7.82. The molecule has 1 aliphatic carbocycles. The molecular weight excluding hydrogens is 689 g/mol. The fraction of sp³-hybridized carbons (Fsp3) is 0.364. The van der Waals surface area contributed by atoms with Crippen LogP contribution in [-0.2, 0) is 19.9 Å². The van der Waals surface area contributed by atoms with E-state index in [9.17, 15) is 34.8 Å². The number of carbonyl (C=O) groups is 1. The first-order chi connectivity index (χ1) is 22.4. The number of rotatable bonds is 8. The fourth-order valence-corrected chi connectivity index (χ4v) is 8.21. The van der Waals surface area contributed by atoms with E-state index >= 15 is 0 Å². The smallest absolute Gasteiger partial charge is 0.398 e. The summed E-state index contributed by atoms with van der Waals surface area (Å²) in [5.74, 6) is -1.04. The first kappa shape index (κ1) is 35.7. The third-order valence-electron chi connectivity index (χ3n) is 8.76. The topological polar surface area (TPSA) is 130 Å². The van der Waals surface area contributed by atoms with Gasteiger partial charge in [-0.15, -0.1) is 0 Å². The second kappa shape index (κ2) is 13.4. The Bertz CT molecular complexity index is 1940. The summed E-state index contributed by atoms with van der Waals surface area (Å²) in [6.07, 6.45) is 3.17. The van der Waals surface area contributed by atoms with Gasteiger partial charge in [-0.25, -0.2) is 21.6 Å². The maximum absolute atomic E-state index is 13.1. The van der Waals surface area contributed by atoms with Crippen LogP contribution in [0.2, 0.25) is 5.02 Å². The number of nitrogen functional groups attached to an aromatic ring is 1. The Balaban J connectivity index is 1.22. The highest BCUT2D eigenvalue weighted by Gasteiger charge is 2.48. The van der Waals surface area contributed by atoms with Crippen molar-refractivity contribution < 1.29 is 34.8 Å². The molecule has 3 N–H and O–H groups in total. The number of sulfone groups is 1. The standard InChI is InChI=1S/C33H36ClF3N4O5S2/c1-32(2)14-13-28(22-3-7-25(34)8-4-22)24(20-32)21-40-15-17-41(18-16-40)26-9-5-23(6-10-26)31(42)39-48(45,46)27-11-12-29(38)30(19-27)47(43,44)33(35,36)37/h3-12,19H,13-18,20-21,38H2,1-2H3,(H,39,42). The van der Waals surface area contributed by atoms with Crippen molar-refractivity contribution in [3.63, 3.8) is 0 Å². The van der Waals surface area contributed by atoms with Gasteiger partial charge < -0.3 is 10.6 Å². The Labute approximate surface area is 283 Å². The van der Waals surface area contributed by atoms with Gasteiger partial charge in [0.05, 0.1) is 10.6 Å². The average Bonchev–Trinajstić information content (AvgIpc) is 3.01. The summed E-state index contributed by atoms with van der Waals surface area (Å²) in [5, 5.41) is 0.714. The molecule has 0 atom stereocenters. The molecule has 1 aliphatic heterocycles. The quantitative estimate of drug-likeness (QED) is 0.266. The number of halogens is 4. The summed E-state index contributed by atoms with van der Waals surface area (Å²) in [6, 6.07) is 16.1. The molecule has 1 fully saturated rings. The predicted molar refractivity (Wildman–Crippen MR) is 180 cm³/mol. The Morgan fingerprint density at radius 1 is 0.938 bits per heavy atom. The van der Waals surface area contributed by atoms with Crippen LogP contribution in [0.1, 0.15) is 49.0 Å². The van der Waals surface area contributed by atoms with Crippen molar-refractivity contribution in [3.05, 3.63) is 88.5 Å². The molecule has 2 aliphatic rings. The normalized spacial score (nSPS) is 17.8. The zero-order valence-electron chi connectivity index (χ0n) is 26.3. The summed E-state index contributed by atoms with van der Waals surface area (Å²) in [5.41, 5.74) is 4.03. The molecule has 0 spiro atoms. The van der Waals surface area contributed by atoms with E-state index < -0.39 is 46.8 Å². The number of nitrogens with one attached hydrogen (secondary N) is 1. The lowest BCUT2D eigenvalue weighted by Crippen LogP contribution is -2.47. The summed E-state index contributed by atoms with van der Waals surface area (Å²) < 4.78 is 90.4. The van der Waals surface area contributed by atoms with Gasteiger partial charge in [-0.05, 0) is 90.4 Å². The minimum Gasteiger partial charge on any atom is -0.398 e. The van der Waals surface area contributed by atoms with Crippen LogP contribution in [0, 0.1) is 5.41 Å². The second-order valence-corrected chi connectivity index (χ2v) is 16.9. The van der Waals surface area contributed by atoms with Gasteiger partial charge in [0, 0.05) is 49.0 Å². The molecule has 15 heteroatoms. The number of piperazine rings is 1. The summed E-state index contributed by atoms with van der Waals surface area (Å²) >= 11 is 6.14. The van der Waals surface area contributed by atoms with Crippen molar-refractivity contribution in [2.45, 2.75) is 48.4 Å². The molecule has 0 unspecified atom stereocenters. The van der Waals surface area contributed by atoms with Crippen LogP contribution in [0.15, 0.2) is 82.1 Å². The van der Waals surface area contributed by atoms with Crippen LogP contribution in [0.3, 0.4) is 0 Å². The maximum atomic E-state index is 13.1. The average molecular weight is 725 g/mol. The highest BCUT2D eigenvalue weighted by molar-refractivity contribution is 7.92. The van der Waals surface area contributed by atoms with E-state index in [1.165, 1.54) is 28.8 Å². The number of anilines is 2. The van der Waals surface area contributed by atoms with Crippen LogP contribution in [0.4, 0.5) is 24.5 Å². The molecule has 48 heavy (non-hydrogen) atoms. The predicted octanol–water partition coefficient (Wildman–Crippen LogP) is 6.12. The number of alkyl halides is 3. The zero-order chi connectivity index (χ0) is 35.1. The Hall–Kier alpha value is -3.59. The first-order valence-corrected chi connectivity index (χ1v) is 18.5. The molecule has 3 aromatic rings. The largest absolute Gasteiger partial charge is 0.501 e. The maximum Gasteiger partial charge on any atom is 0.501 e. The van der Waals surface area contributed by atoms with Gasteiger partial charge >= 0.3 is 5.51 Å². The minimum absolute atomic E-state index is 0.0129. The van der Waals surface area contributed by atoms with Crippen molar-refractivity contribution in [1.29, 1.82) is 0 Å². The summed E-state index contributed by atoms with van der Waals surface area (Å²) in [4.78, 5) is 15.1. The Morgan fingerprint density at radius 2 is 1.56 bits per heavy atom. The van der Waals surface area contributed by atoms with E-state index in [0.717, 1.165) is 69.8 Å². The number of sulfonamides is 1. The van der Waals surface area contributed by atoms with E-state index in [1.54, 1.807) is 16.9 Å². The number of allylic oxidation sites excluding steroid dienone is 1. The monoisotopic (exact) mass is 724 g/mol. The molecule has 3 aromatic carbocycles. The van der Waals surface area contributed by atoms with E-state index in [0.29, 0.717) is 5.02 Å². The SMILES string of the molecule is CC1(C)CCC(c2ccc(Cl)cc2)=C(CN2CCN(c3ccc(C(=O)NS(=O)(=O)c4ccc(N)c(S(=O)(=O)C(F)(F)F)c4)cc3)CC2)C1. The highest BCUT2D eigenvalue weighted by atomic mass is 35.5. The molecule has 1 amide bonds. The number of amides is 1. The van der Waals surface area contributed by atoms with Crippen LogP contribution in [0.25, 0.3) is 5.57 Å². The molecular formula is C33H36ClF3N4O5S2. The summed E-state index contributed by atoms with van der Waals surface area (Å²) in [6.45, 7) is 8.63. The van der Waals surface area contributed by atoms with Crippen LogP contribution >= 0.6 is 11.6 Å². The first-order valence-electron chi connectivity index (χ1n) is 15.2. The number of nitrogens with two attached hydrogens (primary N) is 1. The van der Waals surface area contributed by atoms with Gasteiger partial charge in [-0.3, -0.25) is 9.69 Å². The van der Waals surface area contributed by atoms with Gasteiger partial charge in [0.1, 0.15) is 4.90 Å². The second-order valence-electron chi connectivity index (χ2n) is 12.8. The zero-order valence-corrected chi connectivity index (χ0v) is 28.7.